The number of nitrogens with zero attached hydrogens (tertiary/aromatic N) is 3. The van der Waals surface area contributed by atoms with Crippen LogP contribution in [-0.4, -0.2) is 40.7 Å². The van der Waals surface area contributed by atoms with Crippen LogP contribution in [0.2, 0.25) is 5.02 Å². The van der Waals surface area contributed by atoms with Gasteiger partial charge in [-0.05, 0) is 32.0 Å². The van der Waals surface area contributed by atoms with Crippen LogP contribution in [0.4, 0.5) is 0 Å². The Morgan fingerprint density at radius 2 is 2.33 bits per heavy atom. The molecule has 1 aromatic heterocycles. The molecule has 2 heterocycles. The van der Waals surface area contributed by atoms with Crippen LogP contribution in [0.15, 0.2) is 28.8 Å². The second-order valence-corrected chi connectivity index (χ2v) is 5.87. The Kier molecular flexibility index (Phi) is 4.24. The van der Waals surface area contributed by atoms with Crippen molar-refractivity contribution in [2.75, 3.05) is 19.6 Å². The van der Waals surface area contributed by atoms with Gasteiger partial charge >= 0.3 is 0 Å². The highest BCUT2D eigenvalue weighted by Crippen LogP contribution is 2.25. The third-order valence-corrected chi connectivity index (χ3v) is 4.17. The van der Waals surface area contributed by atoms with Crippen LogP contribution in [0.5, 0.6) is 0 Å². The van der Waals surface area contributed by atoms with Crippen molar-refractivity contribution < 1.29 is 4.52 Å². The zero-order valence-electron chi connectivity index (χ0n) is 12.2. The first-order valence-electron chi connectivity index (χ1n) is 7.21. The van der Waals surface area contributed by atoms with Crippen LogP contribution in [0, 0.1) is 0 Å². The molecule has 0 amide bonds. The summed E-state index contributed by atoms with van der Waals surface area (Å²) in [5.74, 6) is 1.24. The van der Waals surface area contributed by atoms with E-state index < -0.39 is 0 Å². The topological polar surface area (TPSA) is 54.2 Å². The highest BCUT2D eigenvalue weighted by Gasteiger charge is 2.27. The number of piperazine rings is 1. The molecule has 112 valence electrons. The average Bonchev–Trinajstić information content (AvgIpc) is 2.97. The van der Waals surface area contributed by atoms with E-state index in [1.807, 2.05) is 24.3 Å². The first-order chi connectivity index (χ1) is 10.1. The van der Waals surface area contributed by atoms with E-state index >= 15 is 0 Å². The summed E-state index contributed by atoms with van der Waals surface area (Å²) >= 11 is 6.00. The number of hydrogen-bond acceptors (Lipinski definition) is 5. The van der Waals surface area contributed by atoms with Crippen LogP contribution >= 0.6 is 11.6 Å². The van der Waals surface area contributed by atoms with E-state index in [0.29, 0.717) is 17.0 Å². The van der Waals surface area contributed by atoms with Crippen molar-refractivity contribution in [3.05, 3.63) is 35.1 Å². The van der Waals surface area contributed by atoms with Gasteiger partial charge in [-0.3, -0.25) is 4.90 Å². The summed E-state index contributed by atoms with van der Waals surface area (Å²) in [5.41, 5.74) is 0.849. The summed E-state index contributed by atoms with van der Waals surface area (Å²) in [7, 11) is 0. The van der Waals surface area contributed by atoms with E-state index in [-0.39, 0.29) is 6.04 Å². The van der Waals surface area contributed by atoms with Gasteiger partial charge in [-0.15, -0.1) is 0 Å². The van der Waals surface area contributed by atoms with Gasteiger partial charge in [-0.25, -0.2) is 0 Å². The molecular formula is C15H19ClN4O. The molecule has 1 fully saturated rings. The lowest BCUT2D eigenvalue weighted by atomic mass is 10.1. The van der Waals surface area contributed by atoms with Gasteiger partial charge in [0.15, 0.2) is 5.82 Å². The van der Waals surface area contributed by atoms with Crippen LogP contribution in [0.3, 0.4) is 0 Å². The Morgan fingerprint density at radius 3 is 3.10 bits per heavy atom. The van der Waals surface area contributed by atoms with E-state index in [1.54, 1.807) is 0 Å². The van der Waals surface area contributed by atoms with Crippen LogP contribution in [-0.2, 0) is 0 Å². The summed E-state index contributed by atoms with van der Waals surface area (Å²) < 4.78 is 5.39. The molecule has 0 aliphatic carbocycles. The summed E-state index contributed by atoms with van der Waals surface area (Å²) in [6.07, 6.45) is 0. The highest BCUT2D eigenvalue weighted by molar-refractivity contribution is 6.30. The largest absolute Gasteiger partial charge is 0.334 e. The molecule has 21 heavy (non-hydrogen) atoms. The monoisotopic (exact) mass is 306 g/mol. The van der Waals surface area contributed by atoms with Crippen LogP contribution in [0.25, 0.3) is 11.5 Å². The summed E-state index contributed by atoms with van der Waals surface area (Å²) in [5, 5.41) is 8.19. The minimum Gasteiger partial charge on any atom is -0.334 e. The Bertz CT molecular complexity index is 615. The molecule has 0 saturated carbocycles. The van der Waals surface area contributed by atoms with Gasteiger partial charge in [-0.2, -0.15) is 4.98 Å². The molecule has 0 spiro atoms. The Hall–Kier alpha value is -1.43. The van der Waals surface area contributed by atoms with Gasteiger partial charge in [0.1, 0.15) is 0 Å². The molecular weight excluding hydrogens is 288 g/mol. The lowest BCUT2D eigenvalue weighted by molar-refractivity contribution is 0.119. The third-order valence-electron chi connectivity index (χ3n) is 3.94. The highest BCUT2D eigenvalue weighted by atomic mass is 35.5. The Balaban J connectivity index is 1.81. The van der Waals surface area contributed by atoms with E-state index in [0.717, 1.165) is 31.0 Å². The fourth-order valence-corrected chi connectivity index (χ4v) is 2.91. The molecule has 1 aliphatic heterocycles. The van der Waals surface area contributed by atoms with Crippen molar-refractivity contribution in [3.8, 4) is 11.5 Å². The quantitative estimate of drug-likeness (QED) is 0.945. The zero-order valence-corrected chi connectivity index (χ0v) is 13.0. The van der Waals surface area contributed by atoms with Gasteiger partial charge in [0, 0.05) is 36.3 Å². The molecule has 6 heteroatoms. The van der Waals surface area contributed by atoms with Crippen molar-refractivity contribution in [2.24, 2.45) is 0 Å². The minimum atomic E-state index is 0.138. The average molecular weight is 307 g/mol. The van der Waals surface area contributed by atoms with Gasteiger partial charge in [0.2, 0.25) is 0 Å². The first kappa shape index (κ1) is 14.5. The predicted molar refractivity (Wildman–Crippen MR) is 82.2 cm³/mol. The lowest BCUT2D eigenvalue weighted by Crippen LogP contribution is -2.50. The maximum atomic E-state index is 6.00. The number of nitrogens with one attached hydrogen (secondary N) is 1. The standard InChI is InChI=1S/C15H19ClN4O/c1-10-9-17-6-7-20(10)11(2)14-18-15(21-19-14)12-4-3-5-13(16)8-12/h3-5,8,10-11,17H,6-7,9H2,1-2H3/t10-,11?/m0/s1. The number of benzene rings is 1. The summed E-state index contributed by atoms with van der Waals surface area (Å²) in [4.78, 5) is 6.92. The van der Waals surface area contributed by atoms with Crippen molar-refractivity contribution in [1.29, 1.82) is 0 Å². The van der Waals surface area contributed by atoms with E-state index in [1.165, 1.54) is 0 Å². The maximum Gasteiger partial charge on any atom is 0.258 e. The molecule has 1 aliphatic rings. The number of halogens is 1. The van der Waals surface area contributed by atoms with Gasteiger partial charge in [0.25, 0.3) is 5.89 Å². The van der Waals surface area contributed by atoms with Crippen molar-refractivity contribution in [2.45, 2.75) is 25.9 Å². The maximum absolute atomic E-state index is 6.00. The smallest absolute Gasteiger partial charge is 0.258 e. The molecule has 1 aromatic carbocycles. The molecule has 0 bridgehead atoms. The minimum absolute atomic E-state index is 0.138. The van der Waals surface area contributed by atoms with E-state index in [2.05, 4.69) is 34.2 Å². The van der Waals surface area contributed by atoms with Gasteiger partial charge in [0.05, 0.1) is 6.04 Å². The lowest BCUT2D eigenvalue weighted by Gasteiger charge is -2.36. The van der Waals surface area contributed by atoms with Crippen molar-refractivity contribution in [1.82, 2.24) is 20.4 Å². The Morgan fingerprint density at radius 1 is 1.48 bits per heavy atom. The summed E-state index contributed by atoms with van der Waals surface area (Å²) in [6.45, 7) is 7.30. The molecule has 5 nitrogen and oxygen atoms in total. The van der Waals surface area contributed by atoms with Crippen LogP contribution in [0.1, 0.15) is 25.7 Å². The molecule has 3 rings (SSSR count). The fraction of sp³-hybridized carbons (Fsp3) is 0.467. The molecule has 1 N–H and O–H groups in total. The van der Waals surface area contributed by atoms with Gasteiger partial charge in [-0.1, -0.05) is 22.8 Å². The normalized spacial score (nSPS) is 21.4. The zero-order chi connectivity index (χ0) is 14.8. The second kappa shape index (κ2) is 6.13. The predicted octanol–water partition coefficient (Wildman–Crippen LogP) is 2.74. The Labute approximate surface area is 129 Å². The van der Waals surface area contributed by atoms with Crippen molar-refractivity contribution in [3.63, 3.8) is 0 Å². The number of rotatable bonds is 3. The summed E-state index contributed by atoms with van der Waals surface area (Å²) in [6, 6.07) is 8.05. The molecule has 1 saturated heterocycles. The SMILES string of the molecule is CC(c1noc(-c2cccc(Cl)c2)n1)N1CCNC[C@@H]1C. The second-order valence-electron chi connectivity index (χ2n) is 5.44. The fourth-order valence-electron chi connectivity index (χ4n) is 2.72. The van der Waals surface area contributed by atoms with Crippen molar-refractivity contribution >= 4 is 11.6 Å². The number of hydrogen-bond donors (Lipinski definition) is 1. The molecule has 2 atom stereocenters. The number of aromatic nitrogens is 2. The van der Waals surface area contributed by atoms with E-state index in [4.69, 9.17) is 16.1 Å². The molecule has 1 unspecified atom stereocenters. The molecule has 2 aromatic rings. The molecule has 0 radical (unpaired) electrons. The van der Waals surface area contributed by atoms with Crippen LogP contribution < -0.4 is 5.32 Å². The first-order valence-corrected chi connectivity index (χ1v) is 7.59. The third kappa shape index (κ3) is 3.10. The van der Waals surface area contributed by atoms with E-state index in [9.17, 15) is 0 Å². The van der Waals surface area contributed by atoms with Gasteiger partial charge < -0.3 is 9.84 Å².